The Morgan fingerprint density at radius 2 is 1.30 bits per heavy atom. The van der Waals surface area contributed by atoms with Gasteiger partial charge in [0.15, 0.2) is 0 Å². The SMILES string of the molecule is CCCCPCCCC.[LiH]. The van der Waals surface area contributed by atoms with Crippen LogP contribution in [0.15, 0.2) is 0 Å². The van der Waals surface area contributed by atoms with Gasteiger partial charge in [-0.1, -0.05) is 26.7 Å². The van der Waals surface area contributed by atoms with Crippen molar-refractivity contribution < 1.29 is 0 Å². The molecular formula is C8H20LiP. The molecule has 0 spiro atoms. The first kappa shape index (κ1) is 13.6. The first-order valence-corrected chi connectivity index (χ1v) is 5.54. The molecule has 0 aromatic heterocycles. The Bertz CT molecular complexity index is 42.5. The normalized spacial score (nSPS) is 9.00. The van der Waals surface area contributed by atoms with Crippen LogP contribution in [-0.2, 0) is 0 Å². The van der Waals surface area contributed by atoms with Gasteiger partial charge in [0.05, 0.1) is 0 Å². The fourth-order valence-corrected chi connectivity index (χ4v) is 2.19. The van der Waals surface area contributed by atoms with Crippen molar-refractivity contribution in [3.8, 4) is 0 Å². The molecule has 0 unspecified atom stereocenters. The minimum absolute atomic E-state index is 0. The van der Waals surface area contributed by atoms with E-state index < -0.39 is 0 Å². The van der Waals surface area contributed by atoms with Gasteiger partial charge in [0, 0.05) is 0 Å². The van der Waals surface area contributed by atoms with Crippen LogP contribution in [0.4, 0.5) is 0 Å². The molecular weight excluding hydrogens is 134 g/mol. The van der Waals surface area contributed by atoms with E-state index >= 15 is 0 Å². The maximum atomic E-state index is 2.27. The number of hydrogen-bond donors (Lipinski definition) is 0. The number of rotatable bonds is 6. The first-order valence-electron chi connectivity index (χ1n) is 4.12. The maximum absolute atomic E-state index is 2.27. The fourth-order valence-electron chi connectivity index (χ4n) is 0.729. The summed E-state index contributed by atoms with van der Waals surface area (Å²) in [6, 6.07) is 0. The Labute approximate surface area is 79.5 Å². The van der Waals surface area contributed by atoms with Crippen LogP contribution >= 0.6 is 8.58 Å². The molecule has 0 aromatic rings. The van der Waals surface area contributed by atoms with E-state index in [0.717, 1.165) is 0 Å². The Morgan fingerprint density at radius 1 is 0.900 bits per heavy atom. The summed E-state index contributed by atoms with van der Waals surface area (Å²) < 4.78 is 0. The molecule has 0 fully saturated rings. The predicted octanol–water partition coefficient (Wildman–Crippen LogP) is 2.62. The molecule has 0 nitrogen and oxygen atoms in total. The van der Waals surface area contributed by atoms with Gasteiger partial charge in [-0.25, -0.2) is 0 Å². The molecule has 0 saturated heterocycles. The average Bonchev–Trinajstić information content (AvgIpc) is 1.89. The molecule has 0 rings (SSSR count). The monoisotopic (exact) mass is 154 g/mol. The van der Waals surface area contributed by atoms with E-state index in [1.807, 2.05) is 0 Å². The molecule has 0 aliphatic rings. The molecule has 0 bridgehead atoms. The van der Waals surface area contributed by atoms with Crippen molar-refractivity contribution in [2.45, 2.75) is 39.5 Å². The molecule has 0 amide bonds. The summed E-state index contributed by atoms with van der Waals surface area (Å²) in [7, 11) is 1.25. The Kier molecular flexibility index (Phi) is 17.3. The fraction of sp³-hybridized carbons (Fsp3) is 1.00. The van der Waals surface area contributed by atoms with E-state index in [-0.39, 0.29) is 18.9 Å². The Morgan fingerprint density at radius 3 is 1.60 bits per heavy atom. The van der Waals surface area contributed by atoms with Crippen molar-refractivity contribution >= 4 is 27.4 Å². The Hall–Kier alpha value is 1.03. The summed E-state index contributed by atoms with van der Waals surface area (Å²) in [5.41, 5.74) is 0. The average molecular weight is 154 g/mol. The van der Waals surface area contributed by atoms with Crippen LogP contribution in [0.2, 0.25) is 0 Å². The van der Waals surface area contributed by atoms with Gasteiger partial charge in [-0.15, -0.1) is 8.58 Å². The standard InChI is InChI=1S/C8H19P.Li.H/c1-3-5-7-9-8-6-4-2;;/h9H,3-8H2,1-2H3;;. The van der Waals surface area contributed by atoms with Crippen LogP contribution in [0.25, 0.3) is 0 Å². The molecule has 2 heteroatoms. The molecule has 10 heavy (non-hydrogen) atoms. The van der Waals surface area contributed by atoms with Crippen LogP contribution in [0.5, 0.6) is 0 Å². The summed E-state index contributed by atoms with van der Waals surface area (Å²) in [5, 5.41) is 0. The molecule has 0 aliphatic heterocycles. The second-order valence-electron chi connectivity index (χ2n) is 2.46. The molecule has 0 N–H and O–H groups in total. The zero-order valence-corrected chi connectivity index (χ0v) is 7.74. The summed E-state index contributed by atoms with van der Waals surface area (Å²) >= 11 is 0. The van der Waals surface area contributed by atoms with Gasteiger partial charge in [-0.2, -0.15) is 0 Å². The van der Waals surface area contributed by atoms with Crippen LogP contribution in [0.3, 0.4) is 0 Å². The van der Waals surface area contributed by atoms with Crippen molar-refractivity contribution in [2.75, 3.05) is 12.3 Å². The van der Waals surface area contributed by atoms with E-state index in [9.17, 15) is 0 Å². The van der Waals surface area contributed by atoms with Crippen LogP contribution < -0.4 is 0 Å². The third-order valence-electron chi connectivity index (χ3n) is 1.41. The number of unbranched alkanes of at least 4 members (excludes halogenated alkanes) is 2. The van der Waals surface area contributed by atoms with Crippen LogP contribution in [0, 0.1) is 0 Å². The van der Waals surface area contributed by atoms with Crippen molar-refractivity contribution in [2.24, 2.45) is 0 Å². The van der Waals surface area contributed by atoms with Crippen molar-refractivity contribution in [3.63, 3.8) is 0 Å². The predicted molar refractivity (Wildman–Crippen MR) is 55.0 cm³/mol. The van der Waals surface area contributed by atoms with E-state index in [4.69, 9.17) is 0 Å². The zero-order chi connectivity index (χ0) is 6.95. The zero-order valence-electron chi connectivity index (χ0n) is 6.74. The second kappa shape index (κ2) is 12.7. The van der Waals surface area contributed by atoms with Gasteiger partial charge in [0.1, 0.15) is 0 Å². The summed E-state index contributed by atoms with van der Waals surface area (Å²) in [4.78, 5) is 0. The van der Waals surface area contributed by atoms with Gasteiger partial charge in [-0.05, 0) is 25.2 Å². The van der Waals surface area contributed by atoms with Crippen molar-refractivity contribution in [1.82, 2.24) is 0 Å². The minimum atomic E-state index is 0. The van der Waals surface area contributed by atoms with Gasteiger partial charge in [-0.3, -0.25) is 0 Å². The Balaban J connectivity index is 0. The second-order valence-corrected chi connectivity index (χ2v) is 3.96. The topological polar surface area (TPSA) is 0 Å². The molecule has 0 saturated carbocycles. The van der Waals surface area contributed by atoms with E-state index in [1.54, 1.807) is 0 Å². The third kappa shape index (κ3) is 11.8. The van der Waals surface area contributed by atoms with Gasteiger partial charge >= 0.3 is 18.9 Å². The van der Waals surface area contributed by atoms with E-state index in [1.165, 1.54) is 46.6 Å². The molecule has 0 aliphatic carbocycles. The van der Waals surface area contributed by atoms with Crippen LogP contribution in [0.1, 0.15) is 39.5 Å². The summed E-state index contributed by atoms with van der Waals surface area (Å²) in [6.07, 6.45) is 8.61. The van der Waals surface area contributed by atoms with Crippen molar-refractivity contribution in [3.05, 3.63) is 0 Å². The molecule has 0 radical (unpaired) electrons. The van der Waals surface area contributed by atoms with Gasteiger partial charge in [0.25, 0.3) is 0 Å². The molecule has 58 valence electrons. The summed E-state index contributed by atoms with van der Waals surface area (Å²) in [6.45, 7) is 4.54. The van der Waals surface area contributed by atoms with E-state index in [0.29, 0.717) is 0 Å². The third-order valence-corrected chi connectivity index (χ3v) is 2.83. The van der Waals surface area contributed by atoms with Gasteiger partial charge < -0.3 is 0 Å². The summed E-state index contributed by atoms with van der Waals surface area (Å²) in [5.74, 6) is 0. The number of hydrogen-bond acceptors (Lipinski definition) is 0. The van der Waals surface area contributed by atoms with E-state index in [2.05, 4.69) is 13.8 Å². The van der Waals surface area contributed by atoms with Gasteiger partial charge in [0.2, 0.25) is 0 Å². The van der Waals surface area contributed by atoms with Crippen molar-refractivity contribution in [1.29, 1.82) is 0 Å². The first-order chi connectivity index (χ1) is 4.41. The molecule has 0 heterocycles. The molecule has 0 aromatic carbocycles. The molecule has 0 atom stereocenters. The quantitative estimate of drug-likeness (QED) is 0.313. The van der Waals surface area contributed by atoms with Crippen LogP contribution in [-0.4, -0.2) is 31.2 Å².